The maximum Gasteiger partial charge on any atom is 0.275 e. The summed E-state index contributed by atoms with van der Waals surface area (Å²) in [6, 6.07) is 33.2. The van der Waals surface area contributed by atoms with Gasteiger partial charge in [-0.3, -0.25) is 4.99 Å². The molecule has 0 saturated carbocycles. The molecule has 0 N–H and O–H groups in total. The Hall–Kier alpha value is -3.85. The number of aromatic nitrogens is 1. The predicted octanol–water partition coefficient (Wildman–Crippen LogP) is 6.27. The second kappa shape index (κ2) is 6.83. The highest BCUT2D eigenvalue weighted by atomic mass is 14.9. The van der Waals surface area contributed by atoms with Crippen molar-refractivity contribution in [3.8, 4) is 0 Å². The molecule has 1 aliphatic rings. The highest BCUT2D eigenvalue weighted by Crippen LogP contribution is 2.42. The number of fused-ring (bicyclic) bond motifs is 9. The van der Waals surface area contributed by atoms with Crippen molar-refractivity contribution in [3.63, 3.8) is 0 Å². The average molecular weight is 408 g/mol. The summed E-state index contributed by atoms with van der Waals surface area (Å²) < 4.78 is 2.52. The van der Waals surface area contributed by atoms with E-state index in [0.29, 0.717) is 0 Å². The third kappa shape index (κ3) is 2.51. The molecule has 0 spiro atoms. The van der Waals surface area contributed by atoms with Crippen molar-refractivity contribution in [2.24, 2.45) is 4.99 Å². The fourth-order valence-corrected chi connectivity index (χ4v) is 5.45. The lowest BCUT2D eigenvalue weighted by Crippen LogP contribution is -2.22. The van der Waals surface area contributed by atoms with E-state index < -0.39 is 0 Å². The quantitative estimate of drug-likeness (QED) is 0.237. The Kier molecular flexibility index (Phi) is 3.80. The Labute approximate surface area is 187 Å². The number of aryl methyl sites for hydroxylation is 1. The van der Waals surface area contributed by atoms with Crippen LogP contribution < -0.4 is 5.46 Å². The van der Waals surface area contributed by atoms with E-state index in [1.807, 2.05) is 0 Å². The van der Waals surface area contributed by atoms with E-state index in [-0.39, 0.29) is 0 Å². The molecule has 7 rings (SSSR count). The molecule has 2 nitrogen and oxygen atoms in total. The van der Waals surface area contributed by atoms with Crippen LogP contribution in [0.2, 0.25) is 0 Å². The van der Waals surface area contributed by atoms with Gasteiger partial charge < -0.3 is 4.48 Å². The Morgan fingerprint density at radius 1 is 0.656 bits per heavy atom. The Bertz CT molecular complexity index is 1690. The second-order valence-corrected chi connectivity index (χ2v) is 8.74. The molecule has 0 bridgehead atoms. The number of hydrogen-bond donors (Lipinski definition) is 0. The number of nitrogens with zero attached hydrogens (tertiary/aromatic N) is 2. The summed E-state index contributed by atoms with van der Waals surface area (Å²) in [6.45, 7) is 0. The van der Waals surface area contributed by atoms with E-state index in [1.54, 1.807) is 0 Å². The Morgan fingerprint density at radius 2 is 1.41 bits per heavy atom. The van der Waals surface area contributed by atoms with Crippen molar-refractivity contribution in [2.75, 3.05) is 0 Å². The summed E-state index contributed by atoms with van der Waals surface area (Å²) in [6.07, 6.45) is 4.16. The third-order valence-corrected chi connectivity index (χ3v) is 6.89. The average Bonchev–Trinajstić information content (AvgIpc) is 3.18. The number of benzene rings is 5. The van der Waals surface area contributed by atoms with Gasteiger partial charge in [-0.25, -0.2) is 0 Å². The van der Waals surface area contributed by atoms with Crippen LogP contribution >= 0.6 is 0 Å². The smallest absolute Gasteiger partial charge is 0.275 e. The zero-order chi connectivity index (χ0) is 21.1. The van der Waals surface area contributed by atoms with Crippen molar-refractivity contribution < 1.29 is 0 Å². The molecular weight excluding hydrogens is 387 g/mol. The molecule has 32 heavy (non-hydrogen) atoms. The number of aliphatic imine (C=N–C) groups is 1. The molecule has 0 unspecified atom stereocenters. The van der Waals surface area contributed by atoms with E-state index in [1.165, 1.54) is 54.4 Å². The molecule has 0 aliphatic carbocycles. The van der Waals surface area contributed by atoms with Crippen molar-refractivity contribution in [3.05, 3.63) is 96.6 Å². The first-order chi connectivity index (χ1) is 15.9. The summed E-state index contributed by atoms with van der Waals surface area (Å²) in [4.78, 5) is 4.92. The standard InChI is InChI=1S/C29H21BN2/c1-2-9-22(10-3-1)30-32-28-24(25-17-15-21-8-6-18-31-27(21)29(25)32)16-14-20-13-12-19-7-4-5-11-23(19)26(20)28/h1-5,7,9-18,30H,6,8H2. The molecule has 0 amide bonds. The highest BCUT2D eigenvalue weighted by Gasteiger charge is 2.20. The molecule has 0 radical (unpaired) electrons. The summed E-state index contributed by atoms with van der Waals surface area (Å²) in [5, 5.41) is 7.81. The van der Waals surface area contributed by atoms with Crippen LogP contribution in [-0.2, 0) is 6.42 Å². The minimum atomic E-state index is 0.829. The fraction of sp³-hybridized carbons (Fsp3) is 0.0690. The molecule has 0 atom stereocenters. The molecular formula is C29H21BN2. The van der Waals surface area contributed by atoms with Crippen LogP contribution in [0.1, 0.15) is 12.0 Å². The maximum atomic E-state index is 4.92. The van der Waals surface area contributed by atoms with Crippen LogP contribution in [0, 0.1) is 0 Å². The molecule has 150 valence electrons. The first kappa shape index (κ1) is 17.8. The Morgan fingerprint density at radius 3 is 2.34 bits per heavy atom. The topological polar surface area (TPSA) is 17.3 Å². The summed E-state index contributed by atoms with van der Waals surface area (Å²) >= 11 is 0. The minimum absolute atomic E-state index is 0.829. The van der Waals surface area contributed by atoms with Gasteiger partial charge >= 0.3 is 0 Å². The summed E-state index contributed by atoms with van der Waals surface area (Å²) in [5.74, 6) is 0. The third-order valence-electron chi connectivity index (χ3n) is 6.89. The zero-order valence-electron chi connectivity index (χ0n) is 17.8. The molecule has 1 aromatic heterocycles. The first-order valence-corrected chi connectivity index (χ1v) is 11.3. The van der Waals surface area contributed by atoms with E-state index in [2.05, 4.69) is 102 Å². The molecule has 1 aliphatic heterocycles. The van der Waals surface area contributed by atoms with Gasteiger partial charge in [0.2, 0.25) is 0 Å². The van der Waals surface area contributed by atoms with Crippen LogP contribution in [0.3, 0.4) is 0 Å². The van der Waals surface area contributed by atoms with E-state index in [9.17, 15) is 0 Å². The zero-order valence-corrected chi connectivity index (χ0v) is 17.8. The summed E-state index contributed by atoms with van der Waals surface area (Å²) in [7, 11) is 0.829. The molecule has 0 saturated heterocycles. The summed E-state index contributed by atoms with van der Waals surface area (Å²) in [5.41, 5.74) is 6.38. The van der Waals surface area contributed by atoms with Gasteiger partial charge in [-0.05, 0) is 34.6 Å². The van der Waals surface area contributed by atoms with Crippen LogP contribution in [0.25, 0.3) is 43.4 Å². The van der Waals surface area contributed by atoms with Gasteiger partial charge in [-0.1, -0.05) is 96.5 Å². The lowest BCUT2D eigenvalue weighted by Gasteiger charge is -2.15. The van der Waals surface area contributed by atoms with Gasteiger partial charge in [0.05, 0.1) is 11.2 Å². The van der Waals surface area contributed by atoms with Gasteiger partial charge in [0.1, 0.15) is 0 Å². The molecule has 2 heterocycles. The number of rotatable bonds is 2. The minimum Gasteiger partial charge on any atom is -0.382 e. The van der Waals surface area contributed by atoms with Crippen molar-refractivity contribution in [1.29, 1.82) is 0 Å². The van der Waals surface area contributed by atoms with Gasteiger partial charge in [-0.2, -0.15) is 0 Å². The predicted molar refractivity (Wildman–Crippen MR) is 140 cm³/mol. The van der Waals surface area contributed by atoms with Crippen molar-refractivity contribution in [2.45, 2.75) is 12.8 Å². The van der Waals surface area contributed by atoms with Crippen molar-refractivity contribution in [1.82, 2.24) is 4.48 Å². The lowest BCUT2D eigenvalue weighted by atomic mass is 9.81. The normalized spacial score (nSPS) is 13.2. The number of hydrogen-bond acceptors (Lipinski definition) is 1. The van der Waals surface area contributed by atoms with E-state index in [0.717, 1.165) is 25.9 Å². The van der Waals surface area contributed by atoms with Gasteiger partial charge in [0.15, 0.2) is 0 Å². The molecule has 0 fully saturated rings. The van der Waals surface area contributed by atoms with Crippen molar-refractivity contribution >= 4 is 68.1 Å². The molecule has 6 aromatic rings. The molecule has 5 aromatic carbocycles. The van der Waals surface area contributed by atoms with Gasteiger partial charge in [0, 0.05) is 27.9 Å². The van der Waals surface area contributed by atoms with Gasteiger partial charge in [0.25, 0.3) is 7.41 Å². The van der Waals surface area contributed by atoms with Gasteiger partial charge in [-0.15, -0.1) is 0 Å². The second-order valence-electron chi connectivity index (χ2n) is 8.74. The monoisotopic (exact) mass is 408 g/mol. The largest absolute Gasteiger partial charge is 0.382 e. The van der Waals surface area contributed by atoms with Crippen LogP contribution in [0.5, 0.6) is 0 Å². The van der Waals surface area contributed by atoms with Crippen LogP contribution in [0.15, 0.2) is 96.0 Å². The maximum absolute atomic E-state index is 4.92. The molecule has 3 heteroatoms. The van der Waals surface area contributed by atoms with E-state index in [4.69, 9.17) is 4.99 Å². The Balaban J connectivity index is 1.72. The fourth-order valence-electron chi connectivity index (χ4n) is 5.45. The van der Waals surface area contributed by atoms with E-state index >= 15 is 0 Å². The SMILES string of the molecule is B(c1ccccc1)n1c2c3c(ccc2c2ccc4ccc5ccccc5c4c21)CCC=N3. The van der Waals surface area contributed by atoms with Crippen LogP contribution in [0.4, 0.5) is 5.69 Å². The first-order valence-electron chi connectivity index (χ1n) is 11.3. The van der Waals surface area contributed by atoms with Crippen LogP contribution in [-0.4, -0.2) is 18.1 Å². The lowest BCUT2D eigenvalue weighted by molar-refractivity contribution is 1.03. The highest BCUT2D eigenvalue weighted by molar-refractivity contribution is 6.56.